The number of methoxy groups -OCH3 is 1. The molecule has 0 radical (unpaired) electrons. The summed E-state index contributed by atoms with van der Waals surface area (Å²) in [6.07, 6.45) is 16.2. The van der Waals surface area contributed by atoms with Crippen molar-refractivity contribution < 1.29 is 23.7 Å². The maximum absolute atomic E-state index is 13.6. The quantitative estimate of drug-likeness (QED) is 0.0801. The van der Waals surface area contributed by atoms with Crippen LogP contribution in [0, 0.1) is 11.3 Å². The van der Waals surface area contributed by atoms with Crippen molar-refractivity contribution in [1.29, 1.82) is 0 Å². The predicted octanol–water partition coefficient (Wildman–Crippen LogP) is 7.58. The molecule has 4 fully saturated rings. The summed E-state index contributed by atoms with van der Waals surface area (Å²) in [5.41, 5.74) is 8.62. The predicted molar refractivity (Wildman–Crippen MR) is 284 cm³/mol. The van der Waals surface area contributed by atoms with Gasteiger partial charge in [-0.2, -0.15) is 10.1 Å². The van der Waals surface area contributed by atoms with E-state index in [-0.39, 0.29) is 24.1 Å². The number of anilines is 6. The van der Waals surface area contributed by atoms with Crippen LogP contribution in [0.3, 0.4) is 0 Å². The number of nitrogens with one attached hydrogen (secondary N) is 3. The molecule has 380 valence electrons. The van der Waals surface area contributed by atoms with E-state index in [1.807, 2.05) is 42.3 Å². The van der Waals surface area contributed by atoms with Crippen LogP contribution >= 0.6 is 18.7 Å². The van der Waals surface area contributed by atoms with Crippen LogP contribution in [0.25, 0.3) is 22.2 Å². The molecular formula is C53H61ClN13O5P. The van der Waals surface area contributed by atoms with Crippen LogP contribution < -0.4 is 35.8 Å². The number of benzene rings is 3. The zero-order valence-electron chi connectivity index (χ0n) is 41.7. The number of likely N-dealkylation sites (tertiary alicyclic amines) is 1. The van der Waals surface area contributed by atoms with Crippen molar-refractivity contribution in [1.82, 2.24) is 44.8 Å². The second-order valence-electron chi connectivity index (χ2n) is 20.8. The lowest BCUT2D eigenvalue weighted by molar-refractivity contribution is -0.136. The van der Waals surface area contributed by atoms with Gasteiger partial charge in [0.15, 0.2) is 5.82 Å². The highest BCUT2D eigenvalue weighted by Crippen LogP contribution is 2.47. The maximum atomic E-state index is 13.6. The van der Waals surface area contributed by atoms with Crippen LogP contribution in [0.2, 0.25) is 5.02 Å². The first-order valence-corrected chi connectivity index (χ1v) is 28.3. The van der Waals surface area contributed by atoms with Gasteiger partial charge >= 0.3 is 0 Å². The fraction of sp³-hybridized carbons (Fsp3) is 0.434. The Balaban J connectivity index is 0.716. The molecule has 5 aliphatic rings. The van der Waals surface area contributed by atoms with Gasteiger partial charge in [0.2, 0.25) is 17.8 Å². The van der Waals surface area contributed by atoms with Gasteiger partial charge in [0.1, 0.15) is 29.5 Å². The molecule has 20 heteroatoms. The van der Waals surface area contributed by atoms with Crippen LogP contribution in [0.5, 0.6) is 5.75 Å². The molecule has 1 atom stereocenters. The smallest absolute Gasteiger partial charge is 0.255 e. The molecule has 0 unspecified atom stereocenters. The van der Waals surface area contributed by atoms with Gasteiger partial charge in [-0.25, -0.2) is 4.98 Å². The maximum Gasteiger partial charge on any atom is 0.255 e. The number of aromatic nitrogens is 6. The largest absolute Gasteiger partial charge is 0.494 e. The number of imide groups is 1. The molecule has 8 heterocycles. The molecule has 5 aliphatic heterocycles. The number of piperidine rings is 4. The Morgan fingerprint density at radius 3 is 2.34 bits per heavy atom. The van der Waals surface area contributed by atoms with Gasteiger partial charge in [-0.1, -0.05) is 11.6 Å². The highest BCUT2D eigenvalue weighted by atomic mass is 35.5. The van der Waals surface area contributed by atoms with E-state index < -0.39 is 13.2 Å². The highest BCUT2D eigenvalue weighted by molar-refractivity contribution is 7.71. The highest BCUT2D eigenvalue weighted by Gasteiger charge is 2.41. The molecule has 73 heavy (non-hydrogen) atoms. The molecule has 0 bridgehead atoms. The van der Waals surface area contributed by atoms with E-state index in [9.17, 15) is 18.9 Å². The van der Waals surface area contributed by atoms with Gasteiger partial charge in [0.05, 0.1) is 41.7 Å². The minimum atomic E-state index is -2.83. The second-order valence-corrected chi connectivity index (χ2v) is 24.4. The van der Waals surface area contributed by atoms with Crippen LogP contribution in [0.1, 0.15) is 67.3 Å². The van der Waals surface area contributed by atoms with Crippen LogP contribution in [-0.4, -0.2) is 130 Å². The zero-order chi connectivity index (χ0) is 50.6. The first-order chi connectivity index (χ1) is 35.2. The minimum absolute atomic E-state index is 0.131. The molecule has 3 N–H and O–H groups in total. The SMILES string of the molecule is COc1cc(N2CCC3(CCN(CC4CCN(c5ccc6c(c5)CN([C@@H]5CCC(=O)NC5=O)C6=O)CC4)CC3)CC2)c(-c2cnn(C)c2)cc1Nc1ncc(Cl)c(Nc2ccc3nccnc3c2P(C)(C)=O)n1. The van der Waals surface area contributed by atoms with Crippen molar-refractivity contribution in [2.45, 2.75) is 64.0 Å². The van der Waals surface area contributed by atoms with Crippen molar-refractivity contribution in [2.24, 2.45) is 18.4 Å². The molecule has 11 rings (SSSR count). The van der Waals surface area contributed by atoms with Gasteiger partial charge in [-0.15, -0.1) is 0 Å². The molecule has 0 aliphatic carbocycles. The summed E-state index contributed by atoms with van der Waals surface area (Å²) in [4.78, 5) is 65.1. The van der Waals surface area contributed by atoms with E-state index in [2.05, 4.69) is 75.0 Å². The Kier molecular flexibility index (Phi) is 13.1. The lowest BCUT2D eigenvalue weighted by Gasteiger charge is -2.48. The molecular weight excluding hydrogens is 965 g/mol. The van der Waals surface area contributed by atoms with Crippen molar-refractivity contribution in [3.8, 4) is 16.9 Å². The van der Waals surface area contributed by atoms with E-state index in [4.69, 9.17) is 21.3 Å². The number of hydrogen-bond donors (Lipinski definition) is 3. The molecule has 3 aromatic heterocycles. The van der Waals surface area contributed by atoms with E-state index >= 15 is 0 Å². The van der Waals surface area contributed by atoms with E-state index in [1.165, 1.54) is 19.0 Å². The third-order valence-corrected chi connectivity index (χ3v) is 17.6. The van der Waals surface area contributed by atoms with E-state index in [1.54, 1.807) is 37.7 Å². The number of hydrogen-bond acceptors (Lipinski definition) is 15. The third kappa shape index (κ3) is 9.84. The molecule has 0 saturated carbocycles. The average Bonchev–Trinajstić information content (AvgIpc) is 3.97. The first-order valence-electron chi connectivity index (χ1n) is 25.3. The number of ether oxygens (including phenoxy) is 1. The molecule has 1 spiro atoms. The Morgan fingerprint density at radius 2 is 1.62 bits per heavy atom. The first kappa shape index (κ1) is 48.6. The van der Waals surface area contributed by atoms with Gasteiger partial charge in [-0.05, 0) is 125 Å². The normalized spacial score (nSPS) is 19.7. The van der Waals surface area contributed by atoms with Crippen LogP contribution in [0.15, 0.2) is 73.4 Å². The summed E-state index contributed by atoms with van der Waals surface area (Å²) < 4.78 is 21.5. The molecule has 6 aromatic rings. The number of rotatable bonds is 12. The number of halogens is 1. The molecule has 3 amide bonds. The monoisotopic (exact) mass is 1030 g/mol. The van der Waals surface area contributed by atoms with E-state index in [0.717, 1.165) is 99.6 Å². The Bertz CT molecular complexity index is 3170. The van der Waals surface area contributed by atoms with Crippen molar-refractivity contribution >= 4 is 87.3 Å². The van der Waals surface area contributed by atoms with Gasteiger partial charge in [0.25, 0.3) is 5.91 Å². The van der Waals surface area contributed by atoms with Crippen LogP contribution in [-0.2, 0) is 27.7 Å². The van der Waals surface area contributed by atoms with Gasteiger partial charge in [-0.3, -0.25) is 34.4 Å². The molecule has 18 nitrogen and oxygen atoms in total. The fourth-order valence-corrected chi connectivity index (χ4v) is 13.3. The van der Waals surface area contributed by atoms with Crippen molar-refractivity contribution in [3.05, 3.63) is 89.6 Å². The number of carbonyl (C=O) groups is 3. The number of aryl methyl sites for hydroxylation is 1. The summed E-state index contributed by atoms with van der Waals surface area (Å²) >= 11 is 6.69. The number of carbonyl (C=O) groups excluding carboxylic acids is 3. The van der Waals surface area contributed by atoms with E-state index in [0.29, 0.717) is 80.1 Å². The minimum Gasteiger partial charge on any atom is -0.494 e. The summed E-state index contributed by atoms with van der Waals surface area (Å²) in [6, 6.07) is 13.3. The van der Waals surface area contributed by atoms with Crippen molar-refractivity contribution in [2.75, 3.05) is 86.7 Å². The Morgan fingerprint density at radius 1 is 0.849 bits per heavy atom. The standard InChI is InChI=1S/C53H61ClN13O5P/c1-63-31-35(28-58-63)38-26-42(60-52-57-29-39(54)49(62-52)59-41-8-7-40-47(56-18-17-55-40)48(41)73(3,4)71)45(72-2)27-44(38)66-23-15-53(16-24-66)13-21-64(22-14-53)30-33-11-19-65(20-12-33)36-5-6-37-34(25-36)32-67(51(37)70)43-9-10-46(68)61-50(43)69/h5-8,17-18,25-29,31,33,43H,9-16,19-24,30,32H2,1-4H3,(H,61,68,69)(H2,57,59,60,62)/t43-/m1/s1. The average molecular weight is 1030 g/mol. The zero-order valence-corrected chi connectivity index (χ0v) is 43.4. The summed E-state index contributed by atoms with van der Waals surface area (Å²) in [5.74, 6) is 1.13. The van der Waals surface area contributed by atoms with Gasteiger partial charge < -0.3 is 39.5 Å². The van der Waals surface area contributed by atoms with Gasteiger partial charge in [0, 0.05) is 105 Å². The topological polar surface area (TPSA) is 196 Å². The number of fused-ring (bicyclic) bond motifs is 2. The number of amides is 3. The number of nitrogens with zero attached hydrogens (tertiary/aromatic N) is 10. The third-order valence-electron chi connectivity index (χ3n) is 15.8. The summed E-state index contributed by atoms with van der Waals surface area (Å²) in [7, 11) is 0.762. The van der Waals surface area contributed by atoms with Crippen LogP contribution in [0.4, 0.5) is 34.5 Å². The summed E-state index contributed by atoms with van der Waals surface area (Å²) in [6.45, 7) is 11.0. The Hall–Kier alpha value is -6.62. The van der Waals surface area contributed by atoms with Crippen molar-refractivity contribution in [3.63, 3.8) is 0 Å². The fourth-order valence-electron chi connectivity index (χ4n) is 11.7. The Labute approximate surface area is 429 Å². The lowest BCUT2D eigenvalue weighted by atomic mass is 9.71. The lowest BCUT2D eigenvalue weighted by Crippen LogP contribution is -2.52. The molecule has 3 aromatic carbocycles. The molecule has 4 saturated heterocycles. The summed E-state index contributed by atoms with van der Waals surface area (Å²) in [5, 5.41) is 14.5. The second kappa shape index (κ2) is 19.7.